The Morgan fingerprint density at radius 3 is 3.00 bits per heavy atom. The minimum absolute atomic E-state index is 0.00802. The molecule has 0 fully saturated rings. The molecule has 8 heteroatoms. The molecule has 21 heavy (non-hydrogen) atoms. The van der Waals surface area contributed by atoms with Gasteiger partial charge in [0.15, 0.2) is 0 Å². The Hall–Kier alpha value is -2.90. The summed E-state index contributed by atoms with van der Waals surface area (Å²) in [7, 11) is 1.94. The van der Waals surface area contributed by atoms with Gasteiger partial charge < -0.3 is 5.32 Å². The molecule has 0 aliphatic rings. The second kappa shape index (κ2) is 5.23. The van der Waals surface area contributed by atoms with E-state index in [9.17, 15) is 10.1 Å². The van der Waals surface area contributed by atoms with Gasteiger partial charge in [-0.1, -0.05) is 6.07 Å². The summed E-state index contributed by atoms with van der Waals surface area (Å²) in [5.74, 6) is 0.294. The molecule has 0 amide bonds. The number of pyridine rings is 1. The molecular weight excluding hydrogens is 272 g/mol. The van der Waals surface area contributed by atoms with E-state index in [1.807, 2.05) is 34.9 Å². The second-order valence-corrected chi connectivity index (χ2v) is 4.73. The number of hydrogen-bond donors (Lipinski definition) is 1. The molecule has 0 unspecified atom stereocenters. The third kappa shape index (κ3) is 2.55. The molecule has 3 heterocycles. The van der Waals surface area contributed by atoms with Crippen molar-refractivity contribution >= 4 is 17.0 Å². The zero-order valence-electron chi connectivity index (χ0n) is 11.5. The molecule has 0 radical (unpaired) electrons. The first-order valence-corrected chi connectivity index (χ1v) is 6.52. The van der Waals surface area contributed by atoms with Gasteiger partial charge in [-0.3, -0.25) is 10.1 Å². The molecule has 0 saturated heterocycles. The molecule has 0 atom stereocenters. The van der Waals surface area contributed by atoms with E-state index in [2.05, 4.69) is 10.4 Å². The smallest absolute Gasteiger partial charge is 0.338 e. The normalized spacial score (nSPS) is 10.9. The predicted octanol–water partition coefficient (Wildman–Crippen LogP) is 0.981. The molecule has 0 aromatic carbocycles. The number of nitrogens with one attached hydrogen (secondary N) is 1. The maximum Gasteiger partial charge on any atom is 0.338 e. The van der Waals surface area contributed by atoms with Crippen molar-refractivity contribution in [2.24, 2.45) is 7.05 Å². The first kappa shape index (κ1) is 13.1. The van der Waals surface area contributed by atoms with E-state index in [0.717, 1.165) is 0 Å². The zero-order valence-corrected chi connectivity index (χ0v) is 11.5. The number of fused-ring (bicyclic) bond motifs is 1. The van der Waals surface area contributed by atoms with E-state index in [0.29, 0.717) is 24.4 Å². The largest absolute Gasteiger partial charge is 0.359 e. The molecule has 3 rings (SSSR count). The Morgan fingerprint density at radius 2 is 2.29 bits per heavy atom. The van der Waals surface area contributed by atoms with E-state index in [1.165, 1.54) is 4.52 Å². The standard InChI is InChI=1S/C13H15N6O2/c1-16-8-9-17(10-16)7-5-14-13-12(19(20)21)11-4-2-3-6-18(11)15-13/h2-4,6,8-10H,5,7H2,1H3,(H,14,15)/q+1. The number of anilines is 1. The van der Waals surface area contributed by atoms with Crippen LogP contribution < -0.4 is 9.88 Å². The lowest BCUT2D eigenvalue weighted by atomic mass is 10.3. The molecular formula is C13H15N6O2+. The topological polar surface area (TPSA) is 81.3 Å². The lowest BCUT2D eigenvalue weighted by Gasteiger charge is -2.00. The molecule has 3 aromatic rings. The first-order valence-electron chi connectivity index (χ1n) is 6.52. The molecule has 3 aromatic heterocycles. The van der Waals surface area contributed by atoms with Crippen molar-refractivity contribution in [2.75, 3.05) is 11.9 Å². The predicted molar refractivity (Wildman–Crippen MR) is 75.9 cm³/mol. The lowest BCUT2D eigenvalue weighted by molar-refractivity contribution is -0.671. The van der Waals surface area contributed by atoms with Crippen LogP contribution >= 0.6 is 0 Å². The van der Waals surface area contributed by atoms with Gasteiger partial charge in [0.25, 0.3) is 0 Å². The van der Waals surface area contributed by atoms with Crippen LogP contribution in [0.3, 0.4) is 0 Å². The number of aryl methyl sites for hydroxylation is 1. The van der Waals surface area contributed by atoms with Gasteiger partial charge in [0, 0.05) is 6.20 Å². The van der Waals surface area contributed by atoms with E-state index in [4.69, 9.17) is 0 Å². The third-order valence-corrected chi connectivity index (χ3v) is 3.18. The van der Waals surface area contributed by atoms with Gasteiger partial charge in [-0.15, -0.1) is 5.10 Å². The summed E-state index contributed by atoms with van der Waals surface area (Å²) < 4.78 is 5.44. The Balaban J connectivity index is 1.80. The van der Waals surface area contributed by atoms with Crippen LogP contribution in [0.4, 0.5) is 11.5 Å². The molecule has 0 spiro atoms. The monoisotopic (exact) mass is 287 g/mol. The Kier molecular flexibility index (Phi) is 3.27. The Morgan fingerprint density at radius 1 is 1.43 bits per heavy atom. The van der Waals surface area contributed by atoms with Crippen LogP contribution in [-0.4, -0.2) is 25.6 Å². The number of nitro groups is 1. The van der Waals surface area contributed by atoms with E-state index < -0.39 is 4.92 Å². The lowest BCUT2D eigenvalue weighted by Crippen LogP contribution is -2.24. The molecule has 0 aliphatic heterocycles. The summed E-state index contributed by atoms with van der Waals surface area (Å²) in [6.07, 6.45) is 7.52. The van der Waals surface area contributed by atoms with Crippen molar-refractivity contribution in [3.05, 3.63) is 53.2 Å². The van der Waals surface area contributed by atoms with E-state index in [-0.39, 0.29) is 5.69 Å². The van der Waals surface area contributed by atoms with E-state index in [1.54, 1.807) is 24.4 Å². The summed E-state index contributed by atoms with van der Waals surface area (Å²) in [6, 6.07) is 5.23. The molecule has 8 nitrogen and oxygen atoms in total. The fraction of sp³-hybridized carbons (Fsp3) is 0.231. The highest BCUT2D eigenvalue weighted by atomic mass is 16.6. The molecule has 0 bridgehead atoms. The van der Waals surface area contributed by atoms with Crippen molar-refractivity contribution in [2.45, 2.75) is 6.54 Å². The number of imidazole rings is 1. The average Bonchev–Trinajstić information content (AvgIpc) is 3.02. The molecule has 1 N–H and O–H groups in total. The van der Waals surface area contributed by atoms with Gasteiger partial charge in [-0.2, -0.15) is 0 Å². The van der Waals surface area contributed by atoms with Gasteiger partial charge >= 0.3 is 5.69 Å². The Bertz CT molecular complexity index is 791. The van der Waals surface area contributed by atoms with Crippen LogP contribution in [-0.2, 0) is 13.6 Å². The Labute approximate surface area is 120 Å². The van der Waals surface area contributed by atoms with E-state index >= 15 is 0 Å². The number of aromatic nitrogens is 4. The second-order valence-electron chi connectivity index (χ2n) is 4.73. The van der Waals surface area contributed by atoms with Crippen LogP contribution in [0.2, 0.25) is 0 Å². The summed E-state index contributed by atoms with van der Waals surface area (Å²) in [5, 5.41) is 18.5. The van der Waals surface area contributed by atoms with Crippen LogP contribution in [0.15, 0.2) is 43.1 Å². The highest BCUT2D eigenvalue weighted by Crippen LogP contribution is 2.28. The number of nitrogens with zero attached hydrogens (tertiary/aromatic N) is 5. The summed E-state index contributed by atoms with van der Waals surface area (Å²) in [5.41, 5.74) is 0.492. The van der Waals surface area contributed by atoms with Gasteiger partial charge in [0.05, 0.1) is 18.5 Å². The van der Waals surface area contributed by atoms with Crippen molar-refractivity contribution in [1.82, 2.24) is 14.2 Å². The summed E-state index contributed by atoms with van der Waals surface area (Å²) in [6.45, 7) is 1.26. The molecule has 108 valence electrons. The minimum Gasteiger partial charge on any atom is -0.359 e. The van der Waals surface area contributed by atoms with Crippen LogP contribution in [0.1, 0.15) is 0 Å². The summed E-state index contributed by atoms with van der Waals surface area (Å²) in [4.78, 5) is 10.8. The number of rotatable bonds is 5. The summed E-state index contributed by atoms with van der Waals surface area (Å²) >= 11 is 0. The maximum absolute atomic E-state index is 11.2. The van der Waals surface area contributed by atoms with Crippen LogP contribution in [0.5, 0.6) is 0 Å². The van der Waals surface area contributed by atoms with Gasteiger partial charge in [-0.05, 0) is 12.1 Å². The van der Waals surface area contributed by atoms with Gasteiger partial charge in [0.1, 0.15) is 24.5 Å². The van der Waals surface area contributed by atoms with Gasteiger partial charge in [0.2, 0.25) is 12.1 Å². The highest BCUT2D eigenvalue weighted by molar-refractivity contribution is 5.76. The SMILES string of the molecule is C[n+]1ccn(CCNc2nn3ccccc3c2[N+](=O)[O-])c1. The fourth-order valence-corrected chi connectivity index (χ4v) is 2.22. The van der Waals surface area contributed by atoms with Crippen molar-refractivity contribution in [3.63, 3.8) is 0 Å². The maximum atomic E-state index is 11.2. The third-order valence-electron chi connectivity index (χ3n) is 3.18. The van der Waals surface area contributed by atoms with Crippen molar-refractivity contribution in [1.29, 1.82) is 0 Å². The first-order chi connectivity index (χ1) is 10.1. The molecule has 0 saturated carbocycles. The van der Waals surface area contributed by atoms with Crippen molar-refractivity contribution in [3.8, 4) is 0 Å². The zero-order chi connectivity index (χ0) is 14.8. The minimum atomic E-state index is -0.402. The fourth-order valence-electron chi connectivity index (χ4n) is 2.22. The van der Waals surface area contributed by atoms with Gasteiger partial charge in [-0.25, -0.2) is 13.6 Å². The van der Waals surface area contributed by atoms with Crippen LogP contribution in [0.25, 0.3) is 5.52 Å². The highest BCUT2D eigenvalue weighted by Gasteiger charge is 2.22. The van der Waals surface area contributed by atoms with Crippen LogP contribution in [0, 0.1) is 10.1 Å². The quantitative estimate of drug-likeness (QED) is 0.431. The van der Waals surface area contributed by atoms with Crippen molar-refractivity contribution < 1.29 is 9.49 Å². The number of hydrogen-bond acceptors (Lipinski definition) is 4. The molecule has 0 aliphatic carbocycles. The average molecular weight is 287 g/mol.